The predicted molar refractivity (Wildman–Crippen MR) is 67.1 cm³/mol. The van der Waals surface area contributed by atoms with Crippen molar-refractivity contribution in [3.05, 3.63) is 0 Å². The van der Waals surface area contributed by atoms with Crippen molar-refractivity contribution in [1.29, 1.82) is 0 Å². The first-order chi connectivity index (χ1) is 8.15. The molecule has 2 unspecified atom stereocenters. The van der Waals surface area contributed by atoms with Gasteiger partial charge in [-0.05, 0) is 26.8 Å². The summed E-state index contributed by atoms with van der Waals surface area (Å²) in [5.41, 5.74) is -0.248. The summed E-state index contributed by atoms with van der Waals surface area (Å²) in [4.78, 5) is 16.2. The number of piperazine rings is 1. The van der Waals surface area contributed by atoms with Crippen LogP contribution in [0.3, 0.4) is 0 Å². The third kappa shape index (κ3) is 3.06. The molecule has 0 saturated carbocycles. The zero-order valence-electron chi connectivity index (χ0n) is 11.0. The van der Waals surface area contributed by atoms with E-state index in [0.717, 1.165) is 51.9 Å². The summed E-state index contributed by atoms with van der Waals surface area (Å²) in [7, 11) is 2.16. The Labute approximate surface area is 104 Å². The number of hydrogen-bond acceptors (Lipinski definition) is 4. The zero-order valence-corrected chi connectivity index (χ0v) is 11.0. The Morgan fingerprint density at radius 2 is 2.29 bits per heavy atom. The second-order valence-corrected chi connectivity index (χ2v) is 5.72. The standard InChI is InChI=1S/C13H24N2O2/c1-12-8-14(2)5-6-15(12)9-13(10-16)4-3-7-17-11-13/h10,12H,3-9,11H2,1-2H3. The number of likely N-dealkylation sites (N-methyl/N-ethyl adjacent to an activating group) is 1. The molecule has 0 amide bonds. The molecule has 0 aromatic heterocycles. The van der Waals surface area contributed by atoms with Gasteiger partial charge in [-0.15, -0.1) is 0 Å². The van der Waals surface area contributed by atoms with Gasteiger partial charge < -0.3 is 14.4 Å². The summed E-state index contributed by atoms with van der Waals surface area (Å²) < 4.78 is 5.51. The van der Waals surface area contributed by atoms with E-state index in [0.29, 0.717) is 12.6 Å². The molecule has 4 heteroatoms. The Morgan fingerprint density at radius 3 is 2.88 bits per heavy atom. The molecule has 2 saturated heterocycles. The maximum atomic E-state index is 11.4. The normalized spacial score (nSPS) is 36.9. The summed E-state index contributed by atoms with van der Waals surface area (Å²) in [6.07, 6.45) is 3.13. The van der Waals surface area contributed by atoms with E-state index >= 15 is 0 Å². The van der Waals surface area contributed by atoms with Crippen LogP contribution in [0.1, 0.15) is 19.8 Å². The van der Waals surface area contributed by atoms with E-state index in [-0.39, 0.29) is 5.41 Å². The molecule has 17 heavy (non-hydrogen) atoms. The van der Waals surface area contributed by atoms with Crippen LogP contribution >= 0.6 is 0 Å². The lowest BCUT2D eigenvalue weighted by atomic mass is 9.83. The topological polar surface area (TPSA) is 32.8 Å². The van der Waals surface area contributed by atoms with Crippen LogP contribution in [-0.4, -0.2) is 68.6 Å². The van der Waals surface area contributed by atoms with E-state index in [1.54, 1.807) is 0 Å². The number of carbonyl (C=O) groups excluding carboxylic acids is 1. The van der Waals surface area contributed by atoms with E-state index in [2.05, 4.69) is 23.8 Å². The van der Waals surface area contributed by atoms with Gasteiger partial charge in [0, 0.05) is 38.8 Å². The molecule has 2 heterocycles. The highest BCUT2D eigenvalue weighted by atomic mass is 16.5. The SMILES string of the molecule is CC1CN(C)CCN1CC1(C=O)CCCOC1. The highest BCUT2D eigenvalue weighted by Gasteiger charge is 2.36. The fourth-order valence-electron chi connectivity index (χ4n) is 2.95. The second kappa shape index (κ2) is 5.46. The van der Waals surface area contributed by atoms with Crippen LogP contribution in [0.15, 0.2) is 0 Å². The van der Waals surface area contributed by atoms with Crippen molar-refractivity contribution < 1.29 is 9.53 Å². The molecule has 2 fully saturated rings. The molecule has 0 aromatic rings. The largest absolute Gasteiger partial charge is 0.380 e. The van der Waals surface area contributed by atoms with Crippen molar-refractivity contribution in [1.82, 2.24) is 9.80 Å². The molecular weight excluding hydrogens is 216 g/mol. The van der Waals surface area contributed by atoms with Crippen LogP contribution in [0.5, 0.6) is 0 Å². The first kappa shape index (κ1) is 13.0. The van der Waals surface area contributed by atoms with Gasteiger partial charge in [-0.2, -0.15) is 0 Å². The van der Waals surface area contributed by atoms with Crippen LogP contribution in [0, 0.1) is 5.41 Å². The molecule has 0 spiro atoms. The third-order valence-corrected chi connectivity index (χ3v) is 4.09. The molecule has 0 aliphatic carbocycles. The summed E-state index contributed by atoms with van der Waals surface area (Å²) in [6, 6.07) is 0.535. The summed E-state index contributed by atoms with van der Waals surface area (Å²) >= 11 is 0. The highest BCUT2D eigenvalue weighted by Crippen LogP contribution is 2.28. The van der Waals surface area contributed by atoms with Gasteiger partial charge >= 0.3 is 0 Å². The van der Waals surface area contributed by atoms with Crippen molar-refractivity contribution in [2.24, 2.45) is 5.41 Å². The van der Waals surface area contributed by atoms with Gasteiger partial charge in [-0.1, -0.05) is 0 Å². The Morgan fingerprint density at radius 1 is 1.47 bits per heavy atom. The fourth-order valence-corrected chi connectivity index (χ4v) is 2.95. The molecule has 2 rings (SSSR count). The molecule has 0 radical (unpaired) electrons. The number of carbonyl (C=O) groups is 1. The summed E-state index contributed by atoms with van der Waals surface area (Å²) in [5.74, 6) is 0. The summed E-state index contributed by atoms with van der Waals surface area (Å²) in [5, 5.41) is 0. The van der Waals surface area contributed by atoms with E-state index < -0.39 is 0 Å². The number of nitrogens with zero attached hydrogens (tertiary/aromatic N) is 2. The maximum Gasteiger partial charge on any atom is 0.129 e. The monoisotopic (exact) mass is 240 g/mol. The second-order valence-electron chi connectivity index (χ2n) is 5.72. The maximum absolute atomic E-state index is 11.4. The van der Waals surface area contributed by atoms with Crippen LogP contribution in [0.2, 0.25) is 0 Å². The Hall–Kier alpha value is -0.450. The molecule has 2 aliphatic heterocycles. The van der Waals surface area contributed by atoms with Crippen LogP contribution in [-0.2, 0) is 9.53 Å². The minimum Gasteiger partial charge on any atom is -0.380 e. The van der Waals surface area contributed by atoms with Gasteiger partial charge in [0.1, 0.15) is 6.29 Å². The van der Waals surface area contributed by atoms with E-state index in [9.17, 15) is 4.79 Å². The van der Waals surface area contributed by atoms with Gasteiger partial charge in [0.2, 0.25) is 0 Å². The first-order valence-corrected chi connectivity index (χ1v) is 6.62. The van der Waals surface area contributed by atoms with Gasteiger partial charge in [0.05, 0.1) is 12.0 Å². The molecular formula is C13H24N2O2. The van der Waals surface area contributed by atoms with Gasteiger partial charge in [-0.3, -0.25) is 4.90 Å². The first-order valence-electron chi connectivity index (χ1n) is 6.62. The zero-order chi connectivity index (χ0) is 12.3. The van der Waals surface area contributed by atoms with E-state index in [1.807, 2.05) is 0 Å². The molecule has 2 atom stereocenters. The van der Waals surface area contributed by atoms with Gasteiger partial charge in [-0.25, -0.2) is 0 Å². The van der Waals surface area contributed by atoms with Gasteiger partial charge in [0.15, 0.2) is 0 Å². The number of hydrogen-bond donors (Lipinski definition) is 0. The smallest absolute Gasteiger partial charge is 0.129 e. The highest BCUT2D eigenvalue weighted by molar-refractivity contribution is 5.60. The van der Waals surface area contributed by atoms with Gasteiger partial charge in [0.25, 0.3) is 0 Å². The predicted octanol–water partition coefficient (Wildman–Crippen LogP) is 0.618. The summed E-state index contributed by atoms with van der Waals surface area (Å²) in [6.45, 7) is 7.79. The van der Waals surface area contributed by atoms with E-state index in [1.165, 1.54) is 0 Å². The molecule has 2 aliphatic rings. The number of rotatable bonds is 3. The van der Waals surface area contributed by atoms with Crippen molar-refractivity contribution in [3.63, 3.8) is 0 Å². The molecule has 98 valence electrons. The fraction of sp³-hybridized carbons (Fsp3) is 0.923. The molecule has 4 nitrogen and oxygen atoms in total. The van der Waals surface area contributed by atoms with Crippen molar-refractivity contribution >= 4 is 6.29 Å². The van der Waals surface area contributed by atoms with E-state index in [4.69, 9.17) is 4.74 Å². The Kier molecular flexibility index (Phi) is 4.17. The average Bonchev–Trinajstić information content (AvgIpc) is 2.34. The lowest BCUT2D eigenvalue weighted by Crippen LogP contribution is -2.55. The van der Waals surface area contributed by atoms with Crippen LogP contribution in [0.4, 0.5) is 0 Å². The minimum atomic E-state index is -0.248. The van der Waals surface area contributed by atoms with Crippen LogP contribution < -0.4 is 0 Å². The third-order valence-electron chi connectivity index (χ3n) is 4.09. The Balaban J connectivity index is 1.96. The Bertz CT molecular complexity index is 264. The number of ether oxygens (including phenoxy) is 1. The van der Waals surface area contributed by atoms with Crippen molar-refractivity contribution in [2.45, 2.75) is 25.8 Å². The number of aldehydes is 1. The minimum absolute atomic E-state index is 0.248. The molecule has 0 N–H and O–H groups in total. The average molecular weight is 240 g/mol. The van der Waals surface area contributed by atoms with Crippen molar-refractivity contribution in [3.8, 4) is 0 Å². The molecule has 0 aromatic carbocycles. The lowest BCUT2D eigenvalue weighted by Gasteiger charge is -2.43. The lowest BCUT2D eigenvalue weighted by molar-refractivity contribution is -0.126. The van der Waals surface area contributed by atoms with Crippen LogP contribution in [0.25, 0.3) is 0 Å². The molecule has 0 bridgehead atoms. The van der Waals surface area contributed by atoms with Crippen molar-refractivity contribution in [2.75, 3.05) is 46.4 Å². The quantitative estimate of drug-likeness (QED) is 0.677.